The van der Waals surface area contributed by atoms with Crippen LogP contribution in [0.15, 0.2) is 58.5 Å². The first-order chi connectivity index (χ1) is 17.0. The van der Waals surface area contributed by atoms with Crippen molar-refractivity contribution in [1.29, 1.82) is 0 Å². The van der Waals surface area contributed by atoms with Crippen LogP contribution in [0, 0.1) is 5.92 Å². The summed E-state index contributed by atoms with van der Waals surface area (Å²) >= 11 is 1.35. The maximum absolute atomic E-state index is 13.5. The molecule has 0 bridgehead atoms. The average Bonchev–Trinajstić information content (AvgIpc) is 3.31. The van der Waals surface area contributed by atoms with E-state index in [1.165, 1.54) is 11.8 Å². The van der Waals surface area contributed by atoms with Gasteiger partial charge in [-0.2, -0.15) is 0 Å². The number of thioether (sulfide) groups is 1. The van der Waals surface area contributed by atoms with Gasteiger partial charge in [0.2, 0.25) is 11.7 Å². The van der Waals surface area contributed by atoms with E-state index in [2.05, 4.69) is 17.1 Å². The van der Waals surface area contributed by atoms with Crippen LogP contribution in [0.4, 0.5) is 0 Å². The van der Waals surface area contributed by atoms with Gasteiger partial charge in [-0.15, -0.1) is 10.2 Å². The molecule has 0 atom stereocenters. The molecule has 9 heteroatoms. The zero-order chi connectivity index (χ0) is 24.5. The van der Waals surface area contributed by atoms with Gasteiger partial charge >= 0.3 is 0 Å². The first-order valence-electron chi connectivity index (χ1n) is 11.9. The van der Waals surface area contributed by atoms with Crippen molar-refractivity contribution < 1.29 is 9.53 Å². The minimum atomic E-state index is -0.187. The van der Waals surface area contributed by atoms with Gasteiger partial charge < -0.3 is 9.64 Å². The van der Waals surface area contributed by atoms with Crippen molar-refractivity contribution in [3.63, 3.8) is 0 Å². The Balaban J connectivity index is 1.51. The van der Waals surface area contributed by atoms with Crippen molar-refractivity contribution in [3.8, 4) is 11.4 Å². The number of ether oxygens (including phenoxy) is 1. The first-order valence-corrected chi connectivity index (χ1v) is 12.9. The van der Waals surface area contributed by atoms with Gasteiger partial charge in [0.1, 0.15) is 5.75 Å². The van der Waals surface area contributed by atoms with E-state index in [4.69, 9.17) is 4.74 Å². The molecule has 0 N–H and O–H groups in total. The molecular weight excluding hydrogens is 462 g/mol. The molecule has 0 unspecified atom stereocenters. The maximum atomic E-state index is 13.5. The van der Waals surface area contributed by atoms with Gasteiger partial charge in [-0.05, 0) is 55.9 Å². The van der Waals surface area contributed by atoms with E-state index in [1.807, 2.05) is 52.7 Å². The topological polar surface area (TPSA) is 81.7 Å². The lowest BCUT2D eigenvalue weighted by molar-refractivity contribution is -0.129. The second-order valence-corrected chi connectivity index (χ2v) is 10.1. The number of hydrogen-bond acceptors (Lipinski definition) is 6. The molecule has 1 saturated carbocycles. The lowest BCUT2D eigenvalue weighted by Crippen LogP contribution is -2.40. The fourth-order valence-corrected chi connectivity index (χ4v) is 5.68. The predicted octanol–water partition coefficient (Wildman–Crippen LogP) is 4.17. The molecule has 8 nitrogen and oxygen atoms in total. The zero-order valence-electron chi connectivity index (χ0n) is 20.2. The number of nitrogens with zero attached hydrogens (tertiary/aromatic N) is 5. The van der Waals surface area contributed by atoms with Crippen molar-refractivity contribution in [2.45, 2.75) is 43.8 Å². The molecule has 35 heavy (non-hydrogen) atoms. The summed E-state index contributed by atoms with van der Waals surface area (Å²) in [6, 6.07) is 15.0. The second-order valence-electron chi connectivity index (χ2n) is 9.18. The molecule has 0 saturated heterocycles. The molecule has 1 aliphatic carbocycles. The van der Waals surface area contributed by atoms with Gasteiger partial charge in [0.25, 0.3) is 5.56 Å². The smallest absolute Gasteiger partial charge is 0.267 e. The van der Waals surface area contributed by atoms with Crippen LogP contribution >= 0.6 is 11.8 Å². The maximum Gasteiger partial charge on any atom is 0.267 e. The average molecular weight is 492 g/mol. The number of hydrogen-bond donors (Lipinski definition) is 0. The van der Waals surface area contributed by atoms with Crippen molar-refractivity contribution in [3.05, 3.63) is 58.9 Å². The number of amides is 1. The molecule has 1 fully saturated rings. The molecule has 2 aromatic carbocycles. The molecule has 5 rings (SSSR count). The highest BCUT2D eigenvalue weighted by atomic mass is 32.2. The van der Waals surface area contributed by atoms with Gasteiger partial charge in [-0.1, -0.05) is 36.9 Å². The van der Waals surface area contributed by atoms with Gasteiger partial charge in [0.15, 0.2) is 5.16 Å². The number of aromatic nitrogens is 4. The third-order valence-electron chi connectivity index (χ3n) is 6.96. The van der Waals surface area contributed by atoms with Crippen LogP contribution in [0.25, 0.3) is 22.4 Å². The SMILES string of the molecule is COc1cccc(-n2c(=O)c3ccccc3n3c(SCC(=O)N(C)C4CCC(C)CC4)nnc23)c1. The highest BCUT2D eigenvalue weighted by Gasteiger charge is 2.25. The van der Waals surface area contributed by atoms with Crippen LogP contribution in [0.2, 0.25) is 0 Å². The Hall–Kier alpha value is -3.33. The Kier molecular flexibility index (Phi) is 6.51. The normalized spacial score (nSPS) is 18.1. The van der Waals surface area contributed by atoms with Crippen molar-refractivity contribution in [2.24, 2.45) is 5.92 Å². The van der Waals surface area contributed by atoms with Crippen LogP contribution in [-0.2, 0) is 4.79 Å². The summed E-state index contributed by atoms with van der Waals surface area (Å²) in [6.45, 7) is 2.28. The van der Waals surface area contributed by atoms with E-state index in [9.17, 15) is 9.59 Å². The molecule has 0 spiro atoms. The van der Waals surface area contributed by atoms with E-state index >= 15 is 0 Å². The molecule has 182 valence electrons. The van der Waals surface area contributed by atoms with Crippen molar-refractivity contribution >= 4 is 34.3 Å². The summed E-state index contributed by atoms with van der Waals surface area (Å²) in [6.07, 6.45) is 4.44. The summed E-state index contributed by atoms with van der Waals surface area (Å²) in [5.41, 5.74) is 1.16. The van der Waals surface area contributed by atoms with E-state index in [0.29, 0.717) is 39.3 Å². The number of para-hydroxylation sites is 1. The third kappa shape index (κ3) is 4.40. The van der Waals surface area contributed by atoms with E-state index in [-0.39, 0.29) is 17.2 Å². The molecule has 4 aromatic rings. The summed E-state index contributed by atoms with van der Waals surface area (Å²) in [7, 11) is 3.49. The summed E-state index contributed by atoms with van der Waals surface area (Å²) in [5, 5.41) is 9.88. The minimum Gasteiger partial charge on any atom is -0.497 e. The van der Waals surface area contributed by atoms with Gasteiger partial charge in [-0.25, -0.2) is 4.57 Å². The number of carbonyl (C=O) groups is 1. The minimum absolute atomic E-state index is 0.0803. The van der Waals surface area contributed by atoms with Crippen LogP contribution in [0.5, 0.6) is 5.75 Å². The molecule has 2 heterocycles. The Morgan fingerprint density at radius 2 is 1.89 bits per heavy atom. The fourth-order valence-electron chi connectivity index (χ4n) is 4.82. The Morgan fingerprint density at radius 3 is 2.66 bits per heavy atom. The Morgan fingerprint density at radius 1 is 1.11 bits per heavy atom. The van der Waals surface area contributed by atoms with Gasteiger partial charge in [0, 0.05) is 19.2 Å². The van der Waals surface area contributed by atoms with E-state index in [0.717, 1.165) is 31.6 Å². The van der Waals surface area contributed by atoms with Gasteiger partial charge in [0.05, 0.1) is 29.5 Å². The molecular formula is C26H29N5O3S. The number of rotatable bonds is 6. The Labute approximate surface area is 207 Å². The van der Waals surface area contributed by atoms with Crippen LogP contribution in [0.3, 0.4) is 0 Å². The van der Waals surface area contributed by atoms with Crippen molar-refractivity contribution in [1.82, 2.24) is 24.1 Å². The summed E-state index contributed by atoms with van der Waals surface area (Å²) < 4.78 is 8.76. The lowest BCUT2D eigenvalue weighted by atomic mass is 9.87. The molecule has 2 aromatic heterocycles. The first kappa shape index (κ1) is 23.4. The predicted molar refractivity (Wildman–Crippen MR) is 138 cm³/mol. The van der Waals surface area contributed by atoms with E-state index < -0.39 is 0 Å². The highest BCUT2D eigenvalue weighted by Crippen LogP contribution is 2.28. The molecule has 0 radical (unpaired) electrons. The molecule has 0 aliphatic heterocycles. The second kappa shape index (κ2) is 9.73. The van der Waals surface area contributed by atoms with Crippen molar-refractivity contribution in [2.75, 3.05) is 19.9 Å². The fraction of sp³-hybridized carbons (Fsp3) is 0.385. The number of methoxy groups -OCH3 is 1. The largest absolute Gasteiger partial charge is 0.497 e. The monoisotopic (exact) mass is 491 g/mol. The molecule has 1 amide bonds. The molecule has 1 aliphatic rings. The van der Waals surface area contributed by atoms with Crippen LogP contribution < -0.4 is 10.3 Å². The van der Waals surface area contributed by atoms with E-state index in [1.54, 1.807) is 23.8 Å². The third-order valence-corrected chi connectivity index (χ3v) is 7.87. The summed E-state index contributed by atoms with van der Waals surface area (Å²) in [4.78, 5) is 28.4. The standard InChI is InChI=1S/C26H29N5O3S/c1-17-11-13-18(14-12-17)29(2)23(32)16-35-26-28-27-25-30(19-7-6-8-20(15-19)34-3)24(33)21-9-4-5-10-22(21)31(25)26/h4-10,15,17-18H,11-14,16H2,1-3H3. The number of fused-ring (bicyclic) bond motifs is 3. The number of carbonyl (C=O) groups excluding carboxylic acids is 1. The Bertz CT molecular complexity index is 1440. The summed E-state index contributed by atoms with van der Waals surface area (Å²) in [5.74, 6) is 2.11. The highest BCUT2D eigenvalue weighted by molar-refractivity contribution is 7.99. The van der Waals surface area contributed by atoms with Crippen LogP contribution in [0.1, 0.15) is 32.6 Å². The van der Waals surface area contributed by atoms with Crippen LogP contribution in [-0.4, -0.2) is 55.9 Å². The lowest BCUT2D eigenvalue weighted by Gasteiger charge is -2.33. The quantitative estimate of drug-likeness (QED) is 0.377. The zero-order valence-corrected chi connectivity index (χ0v) is 21.0. The van der Waals surface area contributed by atoms with Gasteiger partial charge in [-0.3, -0.25) is 14.0 Å². The number of benzene rings is 2.